The molecule has 0 unspecified atom stereocenters. The number of hydrazone groups is 1. The number of carbonyl (C=O) groups excluding carboxylic acids is 1. The first kappa shape index (κ1) is 16.5. The van der Waals surface area contributed by atoms with Crippen molar-refractivity contribution in [2.24, 2.45) is 0 Å². The lowest BCUT2D eigenvalue weighted by molar-refractivity contribution is -0.628. The summed E-state index contributed by atoms with van der Waals surface area (Å²) in [6.07, 6.45) is -3.69. The van der Waals surface area contributed by atoms with Crippen LogP contribution in [0.15, 0.2) is 17.7 Å². The van der Waals surface area contributed by atoms with Gasteiger partial charge in [0.05, 0.1) is 17.7 Å². The van der Waals surface area contributed by atoms with E-state index in [1.165, 1.54) is 5.01 Å². The summed E-state index contributed by atoms with van der Waals surface area (Å²) in [5.41, 5.74) is 1.02. The standard InChI is InChI=1S/C16H15F4N3O/c1-4-9-5-8(2)22(3)23-14(9)10-6-11(16(18,19)20)12(17)7-13(10)21-15(23)24/h6-7H,4-5H2,1-3H3/p+1. The number of allylic oxidation sites excluding steroid dienone is 1. The number of rotatable bonds is 1. The molecule has 2 heterocycles. The van der Waals surface area contributed by atoms with Gasteiger partial charge in [0.2, 0.25) is 0 Å². The van der Waals surface area contributed by atoms with E-state index in [0.717, 1.165) is 23.4 Å². The number of alkyl halides is 3. The van der Waals surface area contributed by atoms with E-state index in [9.17, 15) is 22.4 Å². The van der Waals surface area contributed by atoms with Crippen LogP contribution in [0, 0.1) is 5.82 Å². The molecule has 0 saturated heterocycles. The van der Waals surface area contributed by atoms with Crippen molar-refractivity contribution in [2.45, 2.75) is 32.9 Å². The number of anilines is 1. The molecule has 8 heteroatoms. The van der Waals surface area contributed by atoms with Crippen LogP contribution in [-0.4, -0.2) is 28.5 Å². The average molecular weight is 342 g/mol. The van der Waals surface area contributed by atoms with Crippen molar-refractivity contribution < 1.29 is 27.0 Å². The van der Waals surface area contributed by atoms with E-state index in [-0.39, 0.29) is 11.3 Å². The number of halogens is 4. The topological polar surface area (TPSA) is 35.4 Å². The van der Waals surface area contributed by atoms with Gasteiger partial charge in [-0.15, -0.1) is 4.68 Å². The Morgan fingerprint density at radius 3 is 2.58 bits per heavy atom. The van der Waals surface area contributed by atoms with Gasteiger partial charge in [0.25, 0.3) is 0 Å². The third-order valence-corrected chi connectivity index (χ3v) is 4.40. The van der Waals surface area contributed by atoms with Gasteiger partial charge in [-0.3, -0.25) is 0 Å². The van der Waals surface area contributed by atoms with Crippen LogP contribution in [0.1, 0.15) is 37.8 Å². The minimum absolute atomic E-state index is 0.0515. The molecule has 2 aliphatic rings. The molecule has 2 aliphatic heterocycles. The molecule has 1 N–H and O–H groups in total. The number of nitrogens with zero attached hydrogens (tertiary/aromatic N) is 2. The van der Waals surface area contributed by atoms with E-state index in [1.807, 2.05) is 13.8 Å². The molecule has 1 aromatic carbocycles. The summed E-state index contributed by atoms with van der Waals surface area (Å²) in [4.78, 5) is 12.4. The fraction of sp³-hybridized carbons (Fsp3) is 0.375. The fourth-order valence-corrected chi connectivity index (χ4v) is 3.07. The van der Waals surface area contributed by atoms with Gasteiger partial charge < -0.3 is 5.32 Å². The van der Waals surface area contributed by atoms with Gasteiger partial charge in [-0.1, -0.05) is 11.9 Å². The monoisotopic (exact) mass is 342 g/mol. The highest BCUT2D eigenvalue weighted by Gasteiger charge is 2.43. The summed E-state index contributed by atoms with van der Waals surface area (Å²) in [6, 6.07) is 0.985. The summed E-state index contributed by atoms with van der Waals surface area (Å²) in [5.74, 6) is -1.40. The lowest BCUT2D eigenvalue weighted by Gasteiger charge is -2.32. The Bertz CT molecular complexity index is 808. The number of hydrogen-bond donors (Lipinski definition) is 1. The van der Waals surface area contributed by atoms with Gasteiger partial charge in [-0.05, 0) is 24.1 Å². The number of carbonyl (C=O) groups is 1. The maximum Gasteiger partial charge on any atom is 0.419 e. The largest absolute Gasteiger partial charge is 0.419 e. The van der Waals surface area contributed by atoms with E-state index in [0.29, 0.717) is 18.5 Å². The van der Waals surface area contributed by atoms with Crippen LogP contribution in [0.3, 0.4) is 0 Å². The van der Waals surface area contributed by atoms with E-state index in [2.05, 4.69) is 5.32 Å². The van der Waals surface area contributed by atoms with Crippen molar-refractivity contribution in [3.63, 3.8) is 0 Å². The number of benzene rings is 1. The third kappa shape index (κ3) is 2.37. The zero-order chi connectivity index (χ0) is 17.8. The highest BCUT2D eigenvalue weighted by molar-refractivity contribution is 6.04. The van der Waals surface area contributed by atoms with Crippen LogP contribution in [0.5, 0.6) is 0 Å². The quantitative estimate of drug-likeness (QED) is 0.601. The molecule has 0 saturated carbocycles. The Morgan fingerprint density at radius 1 is 1.33 bits per heavy atom. The van der Waals surface area contributed by atoms with E-state index >= 15 is 0 Å². The Balaban J connectivity index is 2.29. The van der Waals surface area contributed by atoms with Gasteiger partial charge in [-0.2, -0.15) is 13.2 Å². The predicted molar refractivity (Wildman–Crippen MR) is 81.0 cm³/mol. The van der Waals surface area contributed by atoms with Crippen molar-refractivity contribution >= 4 is 23.1 Å². The number of hydrazine groups is 1. The normalized spacial score (nSPS) is 17.8. The Kier molecular flexibility index (Phi) is 3.65. The second kappa shape index (κ2) is 5.32. The Morgan fingerprint density at radius 2 is 2.00 bits per heavy atom. The fourth-order valence-electron chi connectivity index (χ4n) is 3.07. The molecule has 0 atom stereocenters. The van der Waals surface area contributed by atoms with E-state index < -0.39 is 23.6 Å². The Labute approximate surface area is 136 Å². The minimum atomic E-state index is -4.80. The van der Waals surface area contributed by atoms with Crippen LogP contribution in [0.4, 0.5) is 28.0 Å². The lowest BCUT2D eigenvalue weighted by atomic mass is 9.94. The van der Waals surface area contributed by atoms with Crippen LogP contribution >= 0.6 is 0 Å². The second-order valence-corrected chi connectivity index (χ2v) is 5.86. The summed E-state index contributed by atoms with van der Waals surface area (Å²) in [7, 11) is 1.67. The van der Waals surface area contributed by atoms with Crippen LogP contribution in [0.25, 0.3) is 5.70 Å². The molecule has 1 aromatic rings. The minimum Gasteiger partial charge on any atom is -0.302 e. The zero-order valence-electron chi connectivity index (χ0n) is 13.4. The van der Waals surface area contributed by atoms with Crippen LogP contribution in [0.2, 0.25) is 0 Å². The highest BCUT2D eigenvalue weighted by Crippen LogP contribution is 2.42. The van der Waals surface area contributed by atoms with Crippen LogP contribution < -0.4 is 5.32 Å². The SMILES string of the molecule is CCC1=C2c3cc(C(F)(F)F)c(F)cc3NC(=O)N2[N+](C)=C(C)C1. The summed E-state index contributed by atoms with van der Waals surface area (Å²) < 4.78 is 54.6. The lowest BCUT2D eigenvalue weighted by Crippen LogP contribution is -2.47. The maximum atomic E-state index is 13.8. The average Bonchev–Trinajstić information content (AvgIpc) is 2.48. The maximum absolute atomic E-state index is 13.8. The third-order valence-electron chi connectivity index (χ3n) is 4.40. The molecule has 0 fully saturated rings. The summed E-state index contributed by atoms with van der Waals surface area (Å²) in [5, 5.41) is 3.77. The van der Waals surface area contributed by atoms with Crippen molar-refractivity contribution in [2.75, 3.05) is 12.4 Å². The van der Waals surface area contributed by atoms with Crippen molar-refractivity contribution in [3.8, 4) is 0 Å². The molecule has 0 radical (unpaired) electrons. The molecule has 24 heavy (non-hydrogen) atoms. The molecule has 0 aromatic heterocycles. The van der Waals surface area contributed by atoms with Crippen molar-refractivity contribution in [3.05, 3.63) is 34.6 Å². The molecular formula is C16H16F4N3O+. The highest BCUT2D eigenvalue weighted by atomic mass is 19.4. The first-order chi connectivity index (χ1) is 11.1. The number of hydrogen-bond acceptors (Lipinski definition) is 1. The Hall–Kier alpha value is -2.38. The first-order valence-electron chi connectivity index (χ1n) is 7.45. The molecule has 128 valence electrons. The number of urea groups is 1. The second-order valence-electron chi connectivity index (χ2n) is 5.86. The molecule has 3 rings (SSSR count). The number of fused-ring (bicyclic) bond motifs is 3. The zero-order valence-corrected chi connectivity index (χ0v) is 13.4. The van der Waals surface area contributed by atoms with E-state index in [1.54, 1.807) is 11.7 Å². The number of amides is 2. The van der Waals surface area contributed by atoms with Crippen molar-refractivity contribution in [1.29, 1.82) is 0 Å². The van der Waals surface area contributed by atoms with Gasteiger partial charge in [-0.25, -0.2) is 9.18 Å². The molecule has 0 bridgehead atoms. The molecule has 4 nitrogen and oxygen atoms in total. The molecule has 0 aliphatic carbocycles. The van der Waals surface area contributed by atoms with Gasteiger partial charge in [0.15, 0.2) is 12.8 Å². The molecule has 2 amide bonds. The molecular weight excluding hydrogens is 326 g/mol. The number of nitrogens with one attached hydrogen (secondary N) is 1. The van der Waals surface area contributed by atoms with Gasteiger partial charge >= 0.3 is 12.2 Å². The summed E-state index contributed by atoms with van der Waals surface area (Å²) >= 11 is 0. The van der Waals surface area contributed by atoms with E-state index in [4.69, 9.17) is 0 Å². The van der Waals surface area contributed by atoms with Gasteiger partial charge in [0, 0.05) is 12.5 Å². The molecule has 0 spiro atoms. The van der Waals surface area contributed by atoms with Gasteiger partial charge in [0.1, 0.15) is 11.5 Å². The van der Waals surface area contributed by atoms with Crippen LogP contribution in [-0.2, 0) is 6.18 Å². The smallest absolute Gasteiger partial charge is 0.302 e. The summed E-state index contributed by atoms with van der Waals surface area (Å²) in [6.45, 7) is 3.72. The van der Waals surface area contributed by atoms with Crippen molar-refractivity contribution in [1.82, 2.24) is 5.01 Å². The first-order valence-corrected chi connectivity index (χ1v) is 7.45. The predicted octanol–water partition coefficient (Wildman–Crippen LogP) is 4.24.